The van der Waals surface area contributed by atoms with Crippen molar-refractivity contribution < 1.29 is 14.3 Å². The molecule has 1 unspecified atom stereocenters. The number of benzene rings is 1. The van der Waals surface area contributed by atoms with Crippen molar-refractivity contribution >= 4 is 11.9 Å². The molecule has 0 aromatic heterocycles. The second-order valence-corrected chi connectivity index (χ2v) is 6.78. The molecule has 1 rings (SSSR count). The number of carbonyl (C=O) groups is 2. The quantitative estimate of drug-likeness (QED) is 0.568. The fourth-order valence-corrected chi connectivity index (χ4v) is 2.89. The zero-order chi connectivity index (χ0) is 19.5. The summed E-state index contributed by atoms with van der Waals surface area (Å²) in [4.78, 5) is 28.6. The standard InChI is InChI=1S/C21H34N2O3/c1-6-22(7-2)14-15-23(16-18(4)21(25)26-5)20(24)13-12-19-10-8-17(3)9-11-19/h8-11,18H,6-7,12-16H2,1-5H3. The van der Waals surface area contributed by atoms with Gasteiger partial charge in [0, 0.05) is 26.1 Å². The normalized spacial score (nSPS) is 12.1. The number of likely N-dealkylation sites (N-methyl/N-ethyl adjacent to an activating group) is 1. The van der Waals surface area contributed by atoms with Crippen LogP contribution in [0, 0.1) is 12.8 Å². The van der Waals surface area contributed by atoms with Crippen molar-refractivity contribution in [2.24, 2.45) is 5.92 Å². The Morgan fingerprint density at radius 3 is 2.23 bits per heavy atom. The van der Waals surface area contributed by atoms with E-state index in [1.807, 2.05) is 11.8 Å². The summed E-state index contributed by atoms with van der Waals surface area (Å²) in [5, 5.41) is 0. The van der Waals surface area contributed by atoms with Gasteiger partial charge in [0.1, 0.15) is 0 Å². The van der Waals surface area contributed by atoms with Gasteiger partial charge in [-0.25, -0.2) is 0 Å². The van der Waals surface area contributed by atoms with Crippen LogP contribution in [0.4, 0.5) is 0 Å². The van der Waals surface area contributed by atoms with Gasteiger partial charge in [0.25, 0.3) is 0 Å². The van der Waals surface area contributed by atoms with E-state index in [9.17, 15) is 9.59 Å². The lowest BCUT2D eigenvalue weighted by Crippen LogP contribution is -2.42. The number of hydrogen-bond donors (Lipinski definition) is 0. The Bertz CT molecular complexity index is 553. The highest BCUT2D eigenvalue weighted by Crippen LogP contribution is 2.10. The van der Waals surface area contributed by atoms with Crippen molar-refractivity contribution in [1.82, 2.24) is 9.80 Å². The Labute approximate surface area is 158 Å². The number of methoxy groups -OCH3 is 1. The summed E-state index contributed by atoms with van der Waals surface area (Å²) < 4.78 is 4.81. The summed E-state index contributed by atoms with van der Waals surface area (Å²) in [6.07, 6.45) is 1.17. The second-order valence-electron chi connectivity index (χ2n) is 6.78. The largest absolute Gasteiger partial charge is 0.469 e. The van der Waals surface area contributed by atoms with Crippen LogP contribution in [-0.2, 0) is 20.7 Å². The first kappa shape index (κ1) is 22.2. The van der Waals surface area contributed by atoms with Crippen LogP contribution >= 0.6 is 0 Å². The molecule has 5 heteroatoms. The monoisotopic (exact) mass is 362 g/mol. The summed E-state index contributed by atoms with van der Waals surface area (Å²) >= 11 is 0. The van der Waals surface area contributed by atoms with Crippen molar-refractivity contribution in [1.29, 1.82) is 0 Å². The molecule has 0 aliphatic heterocycles. The molecule has 0 bridgehead atoms. The Hall–Kier alpha value is -1.88. The van der Waals surface area contributed by atoms with Gasteiger partial charge < -0.3 is 14.5 Å². The zero-order valence-electron chi connectivity index (χ0n) is 17.0. The summed E-state index contributed by atoms with van der Waals surface area (Å²) in [5.41, 5.74) is 2.38. The Morgan fingerprint density at radius 2 is 1.69 bits per heavy atom. The zero-order valence-corrected chi connectivity index (χ0v) is 17.0. The number of nitrogens with zero attached hydrogens (tertiary/aromatic N) is 2. The molecule has 0 N–H and O–H groups in total. The summed E-state index contributed by atoms with van der Waals surface area (Å²) in [7, 11) is 1.39. The lowest BCUT2D eigenvalue weighted by atomic mass is 10.1. The van der Waals surface area contributed by atoms with E-state index < -0.39 is 0 Å². The molecule has 1 amide bonds. The van der Waals surface area contributed by atoms with Gasteiger partial charge in [-0.3, -0.25) is 9.59 Å². The molecule has 26 heavy (non-hydrogen) atoms. The van der Waals surface area contributed by atoms with E-state index in [2.05, 4.69) is 49.9 Å². The first-order valence-electron chi connectivity index (χ1n) is 9.54. The predicted molar refractivity (Wildman–Crippen MR) is 105 cm³/mol. The third-order valence-electron chi connectivity index (χ3n) is 4.78. The Balaban J connectivity index is 2.69. The lowest BCUT2D eigenvalue weighted by Gasteiger charge is -2.28. The minimum Gasteiger partial charge on any atom is -0.469 e. The second kappa shape index (κ2) is 11.7. The molecule has 0 spiro atoms. The number of aryl methyl sites for hydroxylation is 2. The van der Waals surface area contributed by atoms with Gasteiger partial charge >= 0.3 is 5.97 Å². The van der Waals surface area contributed by atoms with Crippen LogP contribution in [-0.4, -0.2) is 61.5 Å². The van der Waals surface area contributed by atoms with E-state index in [0.717, 1.165) is 25.2 Å². The van der Waals surface area contributed by atoms with Crippen LogP contribution in [0.1, 0.15) is 38.3 Å². The van der Waals surface area contributed by atoms with Crippen molar-refractivity contribution in [2.75, 3.05) is 39.8 Å². The molecule has 146 valence electrons. The minimum absolute atomic E-state index is 0.0912. The average Bonchev–Trinajstić information content (AvgIpc) is 2.66. The third-order valence-corrected chi connectivity index (χ3v) is 4.78. The number of esters is 1. The van der Waals surface area contributed by atoms with Crippen LogP contribution in [0.25, 0.3) is 0 Å². The van der Waals surface area contributed by atoms with E-state index in [1.165, 1.54) is 12.7 Å². The van der Waals surface area contributed by atoms with Gasteiger partial charge in [-0.1, -0.05) is 50.6 Å². The van der Waals surface area contributed by atoms with Gasteiger partial charge in [0.15, 0.2) is 0 Å². The molecule has 5 nitrogen and oxygen atoms in total. The first-order valence-corrected chi connectivity index (χ1v) is 9.54. The number of ether oxygens (including phenoxy) is 1. The van der Waals surface area contributed by atoms with Crippen LogP contribution in [0.5, 0.6) is 0 Å². The highest BCUT2D eigenvalue weighted by Gasteiger charge is 2.21. The van der Waals surface area contributed by atoms with E-state index in [-0.39, 0.29) is 17.8 Å². The maximum atomic E-state index is 12.8. The summed E-state index contributed by atoms with van der Waals surface area (Å²) in [6.45, 7) is 11.9. The van der Waals surface area contributed by atoms with Crippen molar-refractivity contribution in [3.63, 3.8) is 0 Å². The fraction of sp³-hybridized carbons (Fsp3) is 0.619. The minimum atomic E-state index is -0.319. The fourth-order valence-electron chi connectivity index (χ4n) is 2.89. The lowest BCUT2D eigenvalue weighted by molar-refractivity contribution is -0.146. The number of hydrogen-bond acceptors (Lipinski definition) is 4. The summed E-state index contributed by atoms with van der Waals surface area (Å²) in [5.74, 6) is -0.502. The number of amides is 1. The summed E-state index contributed by atoms with van der Waals surface area (Å²) in [6, 6.07) is 8.27. The molecule has 0 saturated heterocycles. The SMILES string of the molecule is CCN(CC)CCN(CC(C)C(=O)OC)C(=O)CCc1ccc(C)cc1. The Morgan fingerprint density at radius 1 is 1.08 bits per heavy atom. The van der Waals surface area contributed by atoms with Crippen LogP contribution in [0.3, 0.4) is 0 Å². The molecule has 1 atom stereocenters. The molecule has 0 aliphatic rings. The highest BCUT2D eigenvalue weighted by molar-refractivity contribution is 5.78. The maximum Gasteiger partial charge on any atom is 0.310 e. The van der Waals surface area contributed by atoms with Gasteiger partial charge in [-0.15, -0.1) is 0 Å². The number of rotatable bonds is 11. The third kappa shape index (κ3) is 7.56. The highest BCUT2D eigenvalue weighted by atomic mass is 16.5. The van der Waals surface area contributed by atoms with Gasteiger partial charge in [-0.05, 0) is 32.0 Å². The first-order chi connectivity index (χ1) is 12.4. The molecule has 0 fully saturated rings. The van der Waals surface area contributed by atoms with E-state index in [1.54, 1.807) is 0 Å². The molecule has 1 aromatic carbocycles. The van der Waals surface area contributed by atoms with Crippen LogP contribution in [0.2, 0.25) is 0 Å². The molecule has 1 aromatic rings. The molecule has 0 aliphatic carbocycles. The topological polar surface area (TPSA) is 49.9 Å². The van der Waals surface area contributed by atoms with E-state index in [0.29, 0.717) is 25.9 Å². The van der Waals surface area contributed by atoms with E-state index in [4.69, 9.17) is 4.74 Å². The van der Waals surface area contributed by atoms with Crippen LogP contribution in [0.15, 0.2) is 24.3 Å². The predicted octanol–water partition coefficient (Wildman–Crippen LogP) is 2.91. The van der Waals surface area contributed by atoms with Crippen LogP contribution < -0.4 is 0 Å². The molecular weight excluding hydrogens is 328 g/mol. The van der Waals surface area contributed by atoms with Crippen molar-refractivity contribution in [3.8, 4) is 0 Å². The maximum absolute atomic E-state index is 12.8. The molecule has 0 saturated carbocycles. The molecular formula is C21H34N2O3. The van der Waals surface area contributed by atoms with Gasteiger partial charge in [0.2, 0.25) is 5.91 Å². The van der Waals surface area contributed by atoms with Gasteiger partial charge in [0.05, 0.1) is 13.0 Å². The molecule has 0 radical (unpaired) electrons. The van der Waals surface area contributed by atoms with Crippen molar-refractivity contribution in [2.45, 2.75) is 40.5 Å². The molecule has 0 heterocycles. The van der Waals surface area contributed by atoms with Gasteiger partial charge in [-0.2, -0.15) is 0 Å². The van der Waals surface area contributed by atoms with E-state index >= 15 is 0 Å². The van der Waals surface area contributed by atoms with Crippen molar-refractivity contribution in [3.05, 3.63) is 35.4 Å². The number of carbonyl (C=O) groups excluding carboxylic acids is 2. The Kier molecular flexibility index (Phi) is 9.96. The average molecular weight is 363 g/mol. The smallest absolute Gasteiger partial charge is 0.310 e.